The Bertz CT molecular complexity index is 205. The first kappa shape index (κ1) is 6.47. The molecule has 1 nitrogen and oxygen atoms in total. The quantitative estimate of drug-likeness (QED) is 0.531. The molecule has 54 valence electrons. The largest absolute Gasteiger partial charge is 0.298 e. The summed E-state index contributed by atoms with van der Waals surface area (Å²) in [5, 5.41) is 0. The standard InChI is InChI=1S/C8H10OS/c9-7-4-6-2-1-3-8(6)10-5-7/h1-5H2. The van der Waals surface area contributed by atoms with Crippen LogP contribution in [0.4, 0.5) is 0 Å². The Morgan fingerprint density at radius 3 is 3.10 bits per heavy atom. The van der Waals surface area contributed by atoms with E-state index in [1.807, 2.05) is 0 Å². The molecule has 2 rings (SSSR count). The molecule has 0 spiro atoms. The minimum Gasteiger partial charge on any atom is -0.298 e. The number of carbonyl (C=O) groups is 1. The Kier molecular flexibility index (Phi) is 1.57. The Morgan fingerprint density at radius 1 is 1.30 bits per heavy atom. The van der Waals surface area contributed by atoms with Crippen LogP contribution in [0.25, 0.3) is 0 Å². The zero-order valence-electron chi connectivity index (χ0n) is 5.85. The van der Waals surface area contributed by atoms with E-state index in [9.17, 15) is 4.79 Å². The first-order valence-corrected chi connectivity index (χ1v) is 4.70. The molecule has 10 heavy (non-hydrogen) atoms. The number of Topliss-reactive ketones (excluding diaryl/α,β-unsaturated/α-hetero) is 1. The lowest BCUT2D eigenvalue weighted by Crippen LogP contribution is -2.07. The van der Waals surface area contributed by atoms with Crippen molar-refractivity contribution >= 4 is 17.5 Å². The third kappa shape index (κ3) is 1.01. The lowest BCUT2D eigenvalue weighted by atomic mass is 10.1. The van der Waals surface area contributed by atoms with Gasteiger partial charge in [0, 0.05) is 6.42 Å². The predicted molar refractivity (Wildman–Crippen MR) is 43.0 cm³/mol. The van der Waals surface area contributed by atoms with Gasteiger partial charge in [-0.1, -0.05) is 5.57 Å². The van der Waals surface area contributed by atoms with Crippen LogP contribution in [0.3, 0.4) is 0 Å². The molecule has 0 unspecified atom stereocenters. The molecule has 2 heteroatoms. The number of thioether (sulfide) groups is 1. The minimum atomic E-state index is 0.422. The van der Waals surface area contributed by atoms with Gasteiger partial charge in [0.2, 0.25) is 0 Å². The monoisotopic (exact) mass is 154 g/mol. The van der Waals surface area contributed by atoms with Gasteiger partial charge in [-0.05, 0) is 24.2 Å². The number of ketones is 1. The smallest absolute Gasteiger partial charge is 0.147 e. The van der Waals surface area contributed by atoms with E-state index in [-0.39, 0.29) is 0 Å². The minimum absolute atomic E-state index is 0.422. The average Bonchev–Trinajstić information content (AvgIpc) is 2.33. The maximum absolute atomic E-state index is 11.0. The van der Waals surface area contributed by atoms with Gasteiger partial charge in [-0.25, -0.2) is 0 Å². The zero-order chi connectivity index (χ0) is 6.97. The second-order valence-electron chi connectivity index (χ2n) is 2.88. The molecular weight excluding hydrogens is 144 g/mol. The van der Waals surface area contributed by atoms with Crippen LogP contribution in [0.5, 0.6) is 0 Å². The van der Waals surface area contributed by atoms with Gasteiger partial charge in [-0.3, -0.25) is 4.79 Å². The fraction of sp³-hybridized carbons (Fsp3) is 0.625. The SMILES string of the molecule is O=C1CSC2=C(CCC2)C1. The van der Waals surface area contributed by atoms with Gasteiger partial charge < -0.3 is 0 Å². The lowest BCUT2D eigenvalue weighted by Gasteiger charge is -2.11. The Labute approximate surface area is 64.9 Å². The third-order valence-corrected chi connectivity index (χ3v) is 3.40. The maximum atomic E-state index is 11.0. The fourth-order valence-electron chi connectivity index (χ4n) is 1.60. The van der Waals surface area contributed by atoms with Crippen molar-refractivity contribution < 1.29 is 4.79 Å². The molecule has 0 aromatic heterocycles. The summed E-state index contributed by atoms with van der Waals surface area (Å²) in [6, 6.07) is 0. The maximum Gasteiger partial charge on any atom is 0.147 e. The Morgan fingerprint density at radius 2 is 2.20 bits per heavy atom. The van der Waals surface area contributed by atoms with Crippen LogP contribution in [0.15, 0.2) is 10.5 Å². The molecule has 1 heterocycles. The molecule has 0 bridgehead atoms. The molecule has 0 saturated heterocycles. The second kappa shape index (κ2) is 2.42. The molecule has 2 aliphatic rings. The zero-order valence-corrected chi connectivity index (χ0v) is 6.67. The van der Waals surface area contributed by atoms with Crippen LogP contribution in [0, 0.1) is 0 Å². The summed E-state index contributed by atoms with van der Waals surface area (Å²) in [6.07, 6.45) is 4.48. The highest BCUT2D eigenvalue weighted by Crippen LogP contribution is 2.39. The van der Waals surface area contributed by atoms with Gasteiger partial charge in [-0.2, -0.15) is 0 Å². The van der Waals surface area contributed by atoms with E-state index in [0.717, 1.165) is 12.2 Å². The van der Waals surface area contributed by atoms with Gasteiger partial charge >= 0.3 is 0 Å². The third-order valence-electron chi connectivity index (χ3n) is 2.09. The van der Waals surface area contributed by atoms with Crippen molar-refractivity contribution in [3.8, 4) is 0 Å². The van der Waals surface area contributed by atoms with Crippen molar-refractivity contribution in [2.75, 3.05) is 5.75 Å². The first-order chi connectivity index (χ1) is 4.86. The van der Waals surface area contributed by atoms with Gasteiger partial charge in [0.05, 0.1) is 5.75 Å². The molecular formula is C8H10OS. The number of rotatable bonds is 0. The molecule has 0 saturated carbocycles. The normalized spacial score (nSPS) is 25.4. The van der Waals surface area contributed by atoms with Gasteiger partial charge in [0.25, 0.3) is 0 Å². The molecule has 1 aliphatic heterocycles. The summed E-state index contributed by atoms with van der Waals surface area (Å²) in [5.41, 5.74) is 1.45. The van der Waals surface area contributed by atoms with Crippen LogP contribution < -0.4 is 0 Å². The van der Waals surface area contributed by atoms with E-state index < -0.39 is 0 Å². The van der Waals surface area contributed by atoms with Gasteiger partial charge in [-0.15, -0.1) is 11.8 Å². The van der Waals surface area contributed by atoms with Crippen molar-refractivity contribution in [3.05, 3.63) is 10.5 Å². The number of hydrogen-bond acceptors (Lipinski definition) is 2. The molecule has 0 atom stereocenters. The molecule has 0 radical (unpaired) electrons. The van der Waals surface area contributed by atoms with E-state index in [0.29, 0.717) is 5.78 Å². The van der Waals surface area contributed by atoms with E-state index in [1.165, 1.54) is 29.7 Å². The van der Waals surface area contributed by atoms with E-state index in [1.54, 1.807) is 11.8 Å². The Balaban J connectivity index is 2.21. The van der Waals surface area contributed by atoms with Crippen LogP contribution >= 0.6 is 11.8 Å². The summed E-state index contributed by atoms with van der Waals surface area (Å²) in [4.78, 5) is 12.5. The lowest BCUT2D eigenvalue weighted by molar-refractivity contribution is -0.116. The van der Waals surface area contributed by atoms with Crippen LogP contribution in [-0.2, 0) is 4.79 Å². The van der Waals surface area contributed by atoms with Gasteiger partial charge in [0.1, 0.15) is 5.78 Å². The number of hydrogen-bond donors (Lipinski definition) is 0. The van der Waals surface area contributed by atoms with E-state index in [4.69, 9.17) is 0 Å². The fourth-order valence-corrected chi connectivity index (χ4v) is 2.70. The molecule has 1 aliphatic carbocycles. The van der Waals surface area contributed by atoms with Crippen molar-refractivity contribution in [3.63, 3.8) is 0 Å². The number of carbonyl (C=O) groups excluding carboxylic acids is 1. The topological polar surface area (TPSA) is 17.1 Å². The predicted octanol–water partition coefficient (Wildman–Crippen LogP) is 2.13. The van der Waals surface area contributed by atoms with E-state index >= 15 is 0 Å². The summed E-state index contributed by atoms with van der Waals surface area (Å²) in [5.74, 6) is 1.16. The first-order valence-electron chi connectivity index (χ1n) is 3.71. The molecule has 0 N–H and O–H groups in total. The van der Waals surface area contributed by atoms with Gasteiger partial charge in [0.15, 0.2) is 0 Å². The van der Waals surface area contributed by atoms with Crippen LogP contribution in [0.2, 0.25) is 0 Å². The second-order valence-corrected chi connectivity index (χ2v) is 3.95. The molecule has 0 aromatic carbocycles. The number of allylic oxidation sites excluding steroid dienone is 2. The van der Waals surface area contributed by atoms with Crippen molar-refractivity contribution in [2.24, 2.45) is 0 Å². The van der Waals surface area contributed by atoms with Crippen LogP contribution in [0.1, 0.15) is 25.7 Å². The van der Waals surface area contributed by atoms with E-state index in [2.05, 4.69) is 0 Å². The summed E-state index contributed by atoms with van der Waals surface area (Å²) in [7, 11) is 0. The summed E-state index contributed by atoms with van der Waals surface area (Å²) in [6.45, 7) is 0. The molecule has 0 aromatic rings. The highest BCUT2D eigenvalue weighted by Gasteiger charge is 2.22. The van der Waals surface area contributed by atoms with Crippen LogP contribution in [-0.4, -0.2) is 11.5 Å². The van der Waals surface area contributed by atoms with Crippen molar-refractivity contribution in [2.45, 2.75) is 25.7 Å². The summed E-state index contributed by atoms with van der Waals surface area (Å²) >= 11 is 1.77. The molecule has 0 amide bonds. The Hall–Kier alpha value is -0.240. The highest BCUT2D eigenvalue weighted by atomic mass is 32.2. The van der Waals surface area contributed by atoms with Crippen molar-refractivity contribution in [1.82, 2.24) is 0 Å². The highest BCUT2D eigenvalue weighted by molar-refractivity contribution is 8.03. The summed E-state index contributed by atoms with van der Waals surface area (Å²) < 4.78 is 0. The average molecular weight is 154 g/mol. The van der Waals surface area contributed by atoms with Crippen molar-refractivity contribution in [1.29, 1.82) is 0 Å². The molecule has 0 fully saturated rings.